The molecule has 0 amide bonds. The summed E-state index contributed by atoms with van der Waals surface area (Å²) in [5.41, 5.74) is 0.966. The van der Waals surface area contributed by atoms with Gasteiger partial charge in [0.25, 0.3) is 0 Å². The molecule has 90 valence electrons. The molecule has 0 fully saturated rings. The average molecular weight is 322 g/mol. The van der Waals surface area contributed by atoms with E-state index < -0.39 is 17.0 Å². The molecule has 5 heteroatoms. The highest BCUT2D eigenvalue weighted by molar-refractivity contribution is 9.10. The van der Waals surface area contributed by atoms with Gasteiger partial charge in [-0.1, -0.05) is 12.1 Å². The van der Waals surface area contributed by atoms with Crippen LogP contribution in [0.3, 0.4) is 0 Å². The van der Waals surface area contributed by atoms with Gasteiger partial charge in [0.1, 0.15) is 0 Å². The van der Waals surface area contributed by atoms with E-state index >= 15 is 0 Å². The minimum atomic E-state index is -0.863. The SMILES string of the molecule is Fc1cccc(CC(Cl)c2ccoc2Br)c1F. The van der Waals surface area contributed by atoms with Crippen LogP contribution < -0.4 is 0 Å². The van der Waals surface area contributed by atoms with Crippen molar-refractivity contribution in [3.05, 3.63) is 58.0 Å². The van der Waals surface area contributed by atoms with E-state index in [-0.39, 0.29) is 12.0 Å². The third kappa shape index (κ3) is 2.69. The van der Waals surface area contributed by atoms with E-state index in [0.29, 0.717) is 4.67 Å². The number of furan rings is 1. The summed E-state index contributed by atoms with van der Waals surface area (Å²) in [6, 6.07) is 5.75. The van der Waals surface area contributed by atoms with Crippen LogP contribution in [-0.2, 0) is 6.42 Å². The molecule has 1 aromatic heterocycles. The molecule has 17 heavy (non-hydrogen) atoms. The Labute approximate surface area is 111 Å². The van der Waals surface area contributed by atoms with Gasteiger partial charge >= 0.3 is 0 Å². The van der Waals surface area contributed by atoms with Crippen LogP contribution in [0.15, 0.2) is 39.6 Å². The van der Waals surface area contributed by atoms with Crippen LogP contribution in [0.25, 0.3) is 0 Å². The van der Waals surface area contributed by atoms with Crippen LogP contribution in [0.5, 0.6) is 0 Å². The maximum atomic E-state index is 13.4. The maximum absolute atomic E-state index is 13.4. The number of alkyl halides is 1. The minimum Gasteiger partial charge on any atom is -0.457 e. The molecule has 0 N–H and O–H groups in total. The zero-order chi connectivity index (χ0) is 12.4. The predicted octanol–water partition coefficient (Wildman–Crippen LogP) is 4.84. The van der Waals surface area contributed by atoms with E-state index in [2.05, 4.69) is 15.9 Å². The highest BCUT2D eigenvalue weighted by Crippen LogP contribution is 2.32. The zero-order valence-electron chi connectivity index (χ0n) is 8.59. The summed E-state index contributed by atoms with van der Waals surface area (Å²) in [6.07, 6.45) is 1.68. The fraction of sp³-hybridized carbons (Fsp3) is 0.167. The Balaban J connectivity index is 2.22. The highest BCUT2D eigenvalue weighted by Gasteiger charge is 2.17. The van der Waals surface area contributed by atoms with E-state index in [4.69, 9.17) is 16.0 Å². The minimum absolute atomic E-state index is 0.198. The monoisotopic (exact) mass is 320 g/mol. The van der Waals surface area contributed by atoms with E-state index in [1.807, 2.05) is 0 Å². The second-order valence-electron chi connectivity index (χ2n) is 3.53. The van der Waals surface area contributed by atoms with Gasteiger partial charge in [-0.15, -0.1) is 11.6 Å². The first kappa shape index (κ1) is 12.6. The first-order chi connectivity index (χ1) is 8.09. The summed E-state index contributed by atoms with van der Waals surface area (Å²) in [5.74, 6) is -1.71. The molecule has 2 aromatic rings. The molecule has 0 aliphatic heterocycles. The van der Waals surface area contributed by atoms with E-state index in [1.165, 1.54) is 18.4 Å². The Morgan fingerprint density at radius 3 is 2.71 bits per heavy atom. The largest absolute Gasteiger partial charge is 0.457 e. The molecule has 0 aliphatic rings. The van der Waals surface area contributed by atoms with Crippen molar-refractivity contribution >= 4 is 27.5 Å². The maximum Gasteiger partial charge on any atom is 0.173 e. The van der Waals surface area contributed by atoms with Crippen molar-refractivity contribution in [2.24, 2.45) is 0 Å². The Morgan fingerprint density at radius 2 is 2.06 bits per heavy atom. The molecule has 0 radical (unpaired) electrons. The summed E-state index contributed by atoms with van der Waals surface area (Å²) in [6.45, 7) is 0. The third-order valence-corrected chi connectivity index (χ3v) is 3.45. The predicted molar refractivity (Wildman–Crippen MR) is 65.1 cm³/mol. The quantitative estimate of drug-likeness (QED) is 0.737. The van der Waals surface area contributed by atoms with Crippen molar-refractivity contribution in [2.45, 2.75) is 11.8 Å². The third-order valence-electron chi connectivity index (χ3n) is 2.41. The van der Waals surface area contributed by atoms with Crippen LogP contribution >= 0.6 is 27.5 Å². The Morgan fingerprint density at radius 1 is 1.29 bits per heavy atom. The Kier molecular flexibility index (Phi) is 3.84. The van der Waals surface area contributed by atoms with Crippen molar-refractivity contribution in [1.29, 1.82) is 0 Å². The molecule has 0 saturated heterocycles. The lowest BCUT2D eigenvalue weighted by atomic mass is 10.1. The number of rotatable bonds is 3. The molecule has 0 bridgehead atoms. The topological polar surface area (TPSA) is 13.1 Å². The van der Waals surface area contributed by atoms with Crippen molar-refractivity contribution in [3.8, 4) is 0 Å². The van der Waals surface area contributed by atoms with Crippen LogP contribution in [-0.4, -0.2) is 0 Å². The van der Waals surface area contributed by atoms with Crippen LogP contribution in [0.2, 0.25) is 0 Å². The summed E-state index contributed by atoms with van der Waals surface area (Å²) in [7, 11) is 0. The lowest BCUT2D eigenvalue weighted by Gasteiger charge is -2.09. The molecule has 2 rings (SSSR count). The number of hydrogen-bond acceptors (Lipinski definition) is 1. The second-order valence-corrected chi connectivity index (χ2v) is 4.78. The molecule has 0 aliphatic carbocycles. The molecular weight excluding hydrogens is 313 g/mol. The smallest absolute Gasteiger partial charge is 0.173 e. The van der Waals surface area contributed by atoms with E-state index in [1.54, 1.807) is 6.07 Å². The fourth-order valence-corrected chi connectivity index (χ4v) is 2.52. The van der Waals surface area contributed by atoms with Crippen molar-refractivity contribution in [2.75, 3.05) is 0 Å². The zero-order valence-corrected chi connectivity index (χ0v) is 10.9. The number of benzene rings is 1. The van der Waals surface area contributed by atoms with E-state index in [0.717, 1.165) is 11.6 Å². The van der Waals surface area contributed by atoms with Gasteiger partial charge in [0, 0.05) is 5.56 Å². The average Bonchev–Trinajstić information content (AvgIpc) is 2.71. The van der Waals surface area contributed by atoms with E-state index in [9.17, 15) is 8.78 Å². The standard InChI is InChI=1S/C12H8BrClF2O/c13-12-8(4-5-17-12)9(14)6-7-2-1-3-10(15)11(7)16/h1-5,9H,6H2. The molecule has 1 aromatic carbocycles. The summed E-state index contributed by atoms with van der Waals surface area (Å²) in [4.78, 5) is 0. The lowest BCUT2D eigenvalue weighted by Crippen LogP contribution is -1.99. The Bertz CT molecular complexity index is 527. The molecule has 0 saturated carbocycles. The van der Waals surface area contributed by atoms with Gasteiger partial charge in [0.15, 0.2) is 16.3 Å². The van der Waals surface area contributed by atoms with Gasteiger partial charge in [0.05, 0.1) is 11.6 Å². The van der Waals surface area contributed by atoms with Crippen molar-refractivity contribution in [1.82, 2.24) is 0 Å². The molecule has 0 spiro atoms. The van der Waals surface area contributed by atoms with Crippen molar-refractivity contribution in [3.63, 3.8) is 0 Å². The molecule has 1 nitrogen and oxygen atoms in total. The van der Waals surface area contributed by atoms with Gasteiger partial charge in [-0.05, 0) is 40.0 Å². The second kappa shape index (κ2) is 5.19. The molecule has 1 atom stereocenters. The van der Waals surface area contributed by atoms with Crippen LogP contribution in [0.1, 0.15) is 16.5 Å². The van der Waals surface area contributed by atoms with Gasteiger partial charge in [0.2, 0.25) is 0 Å². The van der Waals surface area contributed by atoms with Crippen molar-refractivity contribution < 1.29 is 13.2 Å². The fourth-order valence-electron chi connectivity index (χ4n) is 1.54. The Hall–Kier alpha value is -0.870. The first-order valence-corrected chi connectivity index (χ1v) is 6.12. The molecule has 1 heterocycles. The summed E-state index contributed by atoms with van der Waals surface area (Å²) >= 11 is 9.33. The first-order valence-electron chi connectivity index (χ1n) is 4.89. The van der Waals surface area contributed by atoms with Gasteiger partial charge in [-0.25, -0.2) is 8.78 Å². The van der Waals surface area contributed by atoms with Gasteiger partial charge < -0.3 is 4.42 Å². The van der Waals surface area contributed by atoms with Crippen LogP contribution in [0, 0.1) is 11.6 Å². The number of halogens is 4. The van der Waals surface area contributed by atoms with Gasteiger partial charge in [-0.3, -0.25) is 0 Å². The summed E-state index contributed by atoms with van der Waals surface area (Å²) in [5, 5.41) is -0.473. The van der Waals surface area contributed by atoms with Crippen LogP contribution in [0.4, 0.5) is 8.78 Å². The number of hydrogen-bond donors (Lipinski definition) is 0. The summed E-state index contributed by atoms with van der Waals surface area (Å²) < 4.78 is 32.0. The molecular formula is C12H8BrClF2O. The normalized spacial score (nSPS) is 12.7. The van der Waals surface area contributed by atoms with Gasteiger partial charge in [-0.2, -0.15) is 0 Å². The highest BCUT2D eigenvalue weighted by atomic mass is 79.9. The molecule has 1 unspecified atom stereocenters. The lowest BCUT2D eigenvalue weighted by molar-refractivity contribution is 0.497.